The summed E-state index contributed by atoms with van der Waals surface area (Å²) in [6, 6.07) is 10.0. The lowest BCUT2D eigenvalue weighted by atomic mass is 9.91. The van der Waals surface area contributed by atoms with Gasteiger partial charge < -0.3 is 10.2 Å². The van der Waals surface area contributed by atoms with E-state index in [4.69, 9.17) is 0 Å². The zero-order chi connectivity index (χ0) is 36.7. The Hall–Kier alpha value is -4.08. The van der Waals surface area contributed by atoms with Crippen molar-refractivity contribution in [1.29, 1.82) is 0 Å². The van der Waals surface area contributed by atoms with Gasteiger partial charge in [0.2, 0.25) is 11.8 Å². The Balaban J connectivity index is 1.95. The number of hydrogen-bond donors (Lipinski definition) is 6. The first-order valence-corrected chi connectivity index (χ1v) is 19.0. The van der Waals surface area contributed by atoms with Gasteiger partial charge >= 0.3 is 0 Å². The van der Waals surface area contributed by atoms with Gasteiger partial charge in [0, 0.05) is 11.8 Å². The molecule has 0 saturated heterocycles. The van der Waals surface area contributed by atoms with Crippen molar-refractivity contribution in [2.75, 3.05) is 0 Å². The van der Waals surface area contributed by atoms with Crippen molar-refractivity contribution in [1.82, 2.24) is 21.7 Å². The van der Waals surface area contributed by atoms with Gasteiger partial charge in [0.1, 0.15) is 11.5 Å². The molecule has 2 atom stereocenters. The minimum Gasteiger partial charge on any atom is -0.507 e. The molecule has 0 aliphatic heterocycles. The third-order valence-electron chi connectivity index (χ3n) is 9.33. The Bertz CT molecular complexity index is 1350. The second-order valence-electron chi connectivity index (χ2n) is 13.5. The lowest BCUT2D eigenvalue weighted by Crippen LogP contribution is -2.45. The highest BCUT2D eigenvalue weighted by molar-refractivity contribution is 6.00. The number of amides is 4. The molecular formula is C40H62N4O6. The van der Waals surface area contributed by atoms with Crippen molar-refractivity contribution in [3.8, 4) is 11.5 Å². The third kappa shape index (κ3) is 14.8. The van der Waals surface area contributed by atoms with E-state index in [0.717, 1.165) is 88.2 Å². The zero-order valence-electron chi connectivity index (χ0n) is 30.9. The van der Waals surface area contributed by atoms with Crippen LogP contribution in [0, 0.1) is 11.8 Å². The SMILES string of the molecule is CCCCCCCc1cccc(O)c1C(=O)NNC(=O)C(C)CCC(CCCCC)C(=O)NNC(=O)c1c(O)cccc1CCCCCCC. The fourth-order valence-corrected chi connectivity index (χ4v) is 6.17. The summed E-state index contributed by atoms with van der Waals surface area (Å²) in [7, 11) is 0. The van der Waals surface area contributed by atoms with E-state index in [2.05, 4.69) is 42.5 Å². The number of phenolic OH excluding ortho intramolecular Hbond substituents is 2. The molecule has 0 heterocycles. The van der Waals surface area contributed by atoms with Crippen molar-refractivity contribution >= 4 is 23.6 Å². The molecule has 0 spiro atoms. The topological polar surface area (TPSA) is 157 Å². The van der Waals surface area contributed by atoms with Crippen LogP contribution in [0.5, 0.6) is 11.5 Å². The summed E-state index contributed by atoms with van der Waals surface area (Å²) in [5, 5.41) is 20.9. The molecule has 2 unspecified atom stereocenters. The number of aryl methyl sites for hydroxylation is 2. The van der Waals surface area contributed by atoms with Gasteiger partial charge in [0.15, 0.2) is 0 Å². The number of hydrogen-bond acceptors (Lipinski definition) is 6. The molecule has 2 aromatic rings. The normalized spacial score (nSPS) is 12.2. The molecule has 2 aromatic carbocycles. The standard InChI is InChI=1S/C40H62N4O6/c1-5-8-11-13-16-20-30-23-18-25-33(45)35(30)39(49)43-41-37(47)29(4)27-28-32(22-15-10-7-3)38(48)42-44-40(50)36-31(24-19-26-34(36)46)21-17-14-12-9-6-2/h18-19,23-26,29,32,45-46H,5-17,20-22,27-28H2,1-4H3,(H,41,47)(H,42,48)(H,43,49)(H,44,50). The Morgan fingerprint density at radius 2 is 0.980 bits per heavy atom. The maximum Gasteiger partial charge on any atom is 0.273 e. The van der Waals surface area contributed by atoms with Crippen molar-refractivity contribution < 1.29 is 29.4 Å². The van der Waals surface area contributed by atoms with Crippen LogP contribution in [0.25, 0.3) is 0 Å². The minimum atomic E-state index is -0.580. The number of hydrazine groups is 2. The summed E-state index contributed by atoms with van der Waals surface area (Å²) in [5.74, 6) is -3.14. The highest BCUT2D eigenvalue weighted by Gasteiger charge is 2.24. The highest BCUT2D eigenvalue weighted by atomic mass is 16.3. The van der Waals surface area contributed by atoms with E-state index in [1.807, 2.05) is 12.1 Å². The largest absolute Gasteiger partial charge is 0.507 e. The Labute approximate surface area is 299 Å². The predicted octanol–water partition coefficient (Wildman–Crippen LogP) is 7.96. The van der Waals surface area contributed by atoms with Gasteiger partial charge in [0.05, 0.1) is 11.1 Å². The maximum atomic E-state index is 13.3. The average Bonchev–Trinajstić information content (AvgIpc) is 3.10. The molecular weight excluding hydrogens is 632 g/mol. The van der Waals surface area contributed by atoms with Crippen LogP contribution in [0.4, 0.5) is 0 Å². The molecule has 2 rings (SSSR count). The molecule has 0 fully saturated rings. The predicted molar refractivity (Wildman–Crippen MR) is 198 cm³/mol. The second kappa shape index (κ2) is 24.1. The van der Waals surface area contributed by atoms with Crippen LogP contribution in [0.2, 0.25) is 0 Å². The van der Waals surface area contributed by atoms with Gasteiger partial charge in [-0.15, -0.1) is 0 Å². The number of unbranched alkanes of at least 4 members (excludes halogenated alkanes) is 10. The van der Waals surface area contributed by atoms with Crippen LogP contribution in [0.3, 0.4) is 0 Å². The van der Waals surface area contributed by atoms with Gasteiger partial charge in [-0.1, -0.05) is 123 Å². The molecule has 6 N–H and O–H groups in total. The van der Waals surface area contributed by atoms with Crippen LogP contribution >= 0.6 is 0 Å². The monoisotopic (exact) mass is 694 g/mol. The molecule has 0 aromatic heterocycles. The first kappa shape index (κ1) is 42.1. The summed E-state index contributed by atoms with van der Waals surface area (Å²) in [4.78, 5) is 52.4. The number of carbonyl (C=O) groups excluding carboxylic acids is 4. The van der Waals surface area contributed by atoms with Crippen molar-refractivity contribution in [3.63, 3.8) is 0 Å². The van der Waals surface area contributed by atoms with Gasteiger partial charge in [-0.25, -0.2) is 0 Å². The molecule has 278 valence electrons. The number of rotatable bonds is 23. The first-order chi connectivity index (χ1) is 24.1. The van der Waals surface area contributed by atoms with Gasteiger partial charge in [0.25, 0.3) is 11.8 Å². The lowest BCUT2D eigenvalue weighted by molar-refractivity contribution is -0.128. The molecule has 0 aliphatic carbocycles. The van der Waals surface area contributed by atoms with E-state index in [9.17, 15) is 29.4 Å². The summed E-state index contributed by atoms with van der Waals surface area (Å²) in [6.07, 6.45) is 16.2. The second-order valence-corrected chi connectivity index (χ2v) is 13.5. The molecule has 0 bridgehead atoms. The number of benzene rings is 2. The minimum absolute atomic E-state index is 0.129. The summed E-state index contributed by atoms with van der Waals surface area (Å²) in [6.45, 7) is 8.12. The third-order valence-corrected chi connectivity index (χ3v) is 9.33. The van der Waals surface area contributed by atoms with Crippen molar-refractivity contribution in [3.05, 3.63) is 58.7 Å². The average molecular weight is 695 g/mol. The van der Waals surface area contributed by atoms with Crippen molar-refractivity contribution in [2.45, 2.75) is 143 Å². The van der Waals surface area contributed by atoms with E-state index in [1.54, 1.807) is 19.1 Å². The van der Waals surface area contributed by atoms with Gasteiger partial charge in [-0.3, -0.25) is 40.9 Å². The Morgan fingerprint density at radius 1 is 0.540 bits per heavy atom. The smallest absolute Gasteiger partial charge is 0.273 e. The molecule has 0 saturated carbocycles. The number of aromatic hydroxyl groups is 2. The fraction of sp³-hybridized carbons (Fsp3) is 0.600. The van der Waals surface area contributed by atoms with Crippen LogP contribution < -0.4 is 21.7 Å². The van der Waals surface area contributed by atoms with Crippen LogP contribution in [-0.2, 0) is 22.4 Å². The molecule has 10 heteroatoms. The lowest BCUT2D eigenvalue weighted by Gasteiger charge is -2.20. The van der Waals surface area contributed by atoms with E-state index >= 15 is 0 Å². The van der Waals surface area contributed by atoms with Crippen LogP contribution in [-0.4, -0.2) is 33.8 Å². The number of nitrogens with one attached hydrogen (secondary N) is 4. The number of carbonyl (C=O) groups is 4. The zero-order valence-corrected chi connectivity index (χ0v) is 30.9. The van der Waals surface area contributed by atoms with Gasteiger partial charge in [-0.05, 0) is 68.2 Å². The van der Waals surface area contributed by atoms with E-state index < -0.39 is 29.6 Å². The molecule has 0 aliphatic rings. The highest BCUT2D eigenvalue weighted by Crippen LogP contribution is 2.25. The van der Waals surface area contributed by atoms with Gasteiger partial charge in [-0.2, -0.15) is 0 Å². The molecule has 10 nitrogen and oxygen atoms in total. The first-order valence-electron chi connectivity index (χ1n) is 19.0. The summed E-state index contributed by atoms with van der Waals surface area (Å²) >= 11 is 0. The summed E-state index contributed by atoms with van der Waals surface area (Å²) < 4.78 is 0. The Kier molecular flexibility index (Phi) is 20.3. The summed E-state index contributed by atoms with van der Waals surface area (Å²) in [5.41, 5.74) is 11.8. The number of phenols is 2. The van der Waals surface area contributed by atoms with E-state index in [1.165, 1.54) is 18.6 Å². The van der Waals surface area contributed by atoms with Crippen LogP contribution in [0.1, 0.15) is 162 Å². The maximum absolute atomic E-state index is 13.3. The van der Waals surface area contributed by atoms with Crippen LogP contribution in [0.15, 0.2) is 36.4 Å². The quantitative estimate of drug-likeness (QED) is 0.0512. The van der Waals surface area contributed by atoms with E-state index in [0.29, 0.717) is 32.1 Å². The molecule has 0 radical (unpaired) electrons. The van der Waals surface area contributed by atoms with Crippen molar-refractivity contribution in [2.24, 2.45) is 11.8 Å². The molecule has 4 amide bonds. The molecule has 50 heavy (non-hydrogen) atoms. The fourth-order valence-electron chi connectivity index (χ4n) is 6.17. The Morgan fingerprint density at radius 3 is 1.46 bits per heavy atom. The van der Waals surface area contributed by atoms with E-state index in [-0.39, 0.29) is 28.5 Å².